The van der Waals surface area contributed by atoms with Crippen LogP contribution in [0.2, 0.25) is 0 Å². The summed E-state index contributed by atoms with van der Waals surface area (Å²) in [6.45, 7) is 5.14. The molecule has 4 amide bonds. The third-order valence-corrected chi connectivity index (χ3v) is 6.22. The third-order valence-electron chi connectivity index (χ3n) is 6.22. The van der Waals surface area contributed by atoms with Crippen LogP contribution < -0.4 is 10.2 Å². The number of hydrogen-bond acceptors (Lipinski definition) is 3. The minimum Gasteiger partial charge on any atom is -0.323 e. The number of carbonyl (C=O) groups excluding carboxylic acids is 3. The molecular formula is C21H27N3O3. The summed E-state index contributed by atoms with van der Waals surface area (Å²) in [6.07, 6.45) is 3.78. The highest BCUT2D eigenvalue weighted by Crippen LogP contribution is 2.36. The lowest BCUT2D eigenvalue weighted by molar-refractivity contribution is -0.131. The van der Waals surface area contributed by atoms with Crippen LogP contribution in [-0.2, 0) is 9.59 Å². The van der Waals surface area contributed by atoms with Crippen molar-refractivity contribution in [2.45, 2.75) is 57.4 Å². The highest BCUT2D eigenvalue weighted by molar-refractivity contribution is 6.07. The minimum atomic E-state index is -0.675. The summed E-state index contributed by atoms with van der Waals surface area (Å²) in [6, 6.07) is 7.78. The van der Waals surface area contributed by atoms with Gasteiger partial charge in [0.1, 0.15) is 5.54 Å². The van der Waals surface area contributed by atoms with Gasteiger partial charge in [-0.15, -0.1) is 0 Å². The molecule has 1 saturated carbocycles. The summed E-state index contributed by atoms with van der Waals surface area (Å²) in [5.74, 6) is 0.384. The first-order chi connectivity index (χ1) is 12.9. The molecule has 0 aromatic heterocycles. The average Bonchev–Trinajstić information content (AvgIpc) is 3.31. The van der Waals surface area contributed by atoms with Gasteiger partial charge in [0, 0.05) is 31.1 Å². The Balaban J connectivity index is 1.43. The number of nitrogens with one attached hydrogen (secondary N) is 1. The van der Waals surface area contributed by atoms with Crippen molar-refractivity contribution in [1.82, 2.24) is 10.2 Å². The van der Waals surface area contributed by atoms with E-state index in [9.17, 15) is 14.4 Å². The van der Waals surface area contributed by atoms with Gasteiger partial charge in [0.15, 0.2) is 0 Å². The molecule has 0 bridgehead atoms. The Morgan fingerprint density at radius 3 is 2.41 bits per heavy atom. The smallest absolute Gasteiger partial charge is 0.323 e. The molecule has 3 fully saturated rings. The fraction of sp³-hybridized carbons (Fsp3) is 0.571. The maximum Gasteiger partial charge on any atom is 0.325 e. The molecule has 4 rings (SSSR count). The van der Waals surface area contributed by atoms with Gasteiger partial charge in [0.2, 0.25) is 5.91 Å². The predicted molar refractivity (Wildman–Crippen MR) is 102 cm³/mol. The van der Waals surface area contributed by atoms with Gasteiger partial charge in [-0.3, -0.25) is 14.5 Å². The molecular weight excluding hydrogens is 342 g/mol. The maximum absolute atomic E-state index is 12.8. The van der Waals surface area contributed by atoms with E-state index in [4.69, 9.17) is 0 Å². The standard InChI is InChI=1S/C21H27N3O3/c1-14(2)16-5-7-17(8-6-16)23-12-15(11-18(23)25)13-24-19(26)21(22-20(24)27)9-3-4-10-21/h5-8,14-15H,3-4,9-13H2,1-2H3,(H,22,27). The third kappa shape index (κ3) is 3.11. The Bertz CT molecular complexity index is 765. The molecule has 2 heterocycles. The lowest BCUT2D eigenvalue weighted by Gasteiger charge is -2.22. The van der Waals surface area contributed by atoms with Crippen LogP contribution >= 0.6 is 0 Å². The van der Waals surface area contributed by atoms with E-state index in [2.05, 4.69) is 31.3 Å². The van der Waals surface area contributed by atoms with Gasteiger partial charge in [0.25, 0.3) is 5.91 Å². The first kappa shape index (κ1) is 18.0. The average molecular weight is 369 g/mol. The number of rotatable bonds is 4. The first-order valence-corrected chi connectivity index (χ1v) is 9.94. The number of carbonyl (C=O) groups is 3. The van der Waals surface area contributed by atoms with Gasteiger partial charge in [-0.05, 0) is 36.5 Å². The zero-order valence-electron chi connectivity index (χ0n) is 16.0. The molecule has 3 aliphatic rings. The highest BCUT2D eigenvalue weighted by atomic mass is 16.2. The summed E-state index contributed by atoms with van der Waals surface area (Å²) >= 11 is 0. The first-order valence-electron chi connectivity index (χ1n) is 9.94. The van der Waals surface area contributed by atoms with Crippen molar-refractivity contribution in [3.63, 3.8) is 0 Å². The monoisotopic (exact) mass is 369 g/mol. The quantitative estimate of drug-likeness (QED) is 0.830. The fourth-order valence-corrected chi connectivity index (χ4v) is 4.61. The Morgan fingerprint density at radius 2 is 1.78 bits per heavy atom. The predicted octanol–water partition coefficient (Wildman–Crippen LogP) is 3.03. The lowest BCUT2D eigenvalue weighted by atomic mass is 9.97. The summed E-state index contributed by atoms with van der Waals surface area (Å²) in [5, 5.41) is 2.91. The Morgan fingerprint density at radius 1 is 1.11 bits per heavy atom. The number of amides is 4. The topological polar surface area (TPSA) is 69.7 Å². The fourth-order valence-electron chi connectivity index (χ4n) is 4.61. The van der Waals surface area contributed by atoms with E-state index in [0.717, 1.165) is 31.4 Å². The normalized spacial score (nSPS) is 24.6. The van der Waals surface area contributed by atoms with Crippen molar-refractivity contribution in [1.29, 1.82) is 0 Å². The van der Waals surface area contributed by atoms with Gasteiger partial charge in [-0.1, -0.05) is 38.8 Å². The van der Waals surface area contributed by atoms with E-state index < -0.39 is 5.54 Å². The molecule has 27 heavy (non-hydrogen) atoms. The molecule has 2 aliphatic heterocycles. The number of anilines is 1. The Hall–Kier alpha value is -2.37. The van der Waals surface area contributed by atoms with Gasteiger partial charge in [-0.2, -0.15) is 0 Å². The largest absolute Gasteiger partial charge is 0.325 e. The van der Waals surface area contributed by atoms with Crippen LogP contribution in [0, 0.1) is 5.92 Å². The van der Waals surface area contributed by atoms with E-state index in [-0.39, 0.29) is 23.8 Å². The van der Waals surface area contributed by atoms with E-state index >= 15 is 0 Å². The van der Waals surface area contributed by atoms with E-state index in [0.29, 0.717) is 25.4 Å². The molecule has 1 aromatic carbocycles. The second kappa shape index (κ2) is 6.66. The number of benzene rings is 1. The number of nitrogens with zero attached hydrogens (tertiary/aromatic N) is 2. The summed E-state index contributed by atoms with van der Waals surface area (Å²) < 4.78 is 0. The minimum absolute atomic E-state index is 0.0199. The van der Waals surface area contributed by atoms with Crippen molar-refractivity contribution in [2.24, 2.45) is 5.92 Å². The molecule has 1 N–H and O–H groups in total. The number of hydrogen-bond donors (Lipinski definition) is 1. The number of urea groups is 1. The molecule has 6 heteroatoms. The second-order valence-electron chi connectivity index (χ2n) is 8.46. The number of imide groups is 1. The van der Waals surface area contributed by atoms with E-state index in [1.807, 2.05) is 12.1 Å². The van der Waals surface area contributed by atoms with E-state index in [1.54, 1.807) is 4.90 Å². The maximum atomic E-state index is 12.8. The molecule has 144 valence electrons. The SMILES string of the molecule is CC(C)c1ccc(N2CC(CN3C(=O)NC4(CCCC4)C3=O)CC2=O)cc1. The summed E-state index contributed by atoms with van der Waals surface area (Å²) in [7, 11) is 0. The van der Waals surface area contributed by atoms with Crippen LogP contribution in [0.3, 0.4) is 0 Å². The summed E-state index contributed by atoms with van der Waals surface area (Å²) in [4.78, 5) is 40.8. The van der Waals surface area contributed by atoms with Gasteiger partial charge >= 0.3 is 6.03 Å². The molecule has 1 aromatic rings. The Kier molecular flexibility index (Phi) is 4.44. The van der Waals surface area contributed by atoms with Crippen LogP contribution in [0.4, 0.5) is 10.5 Å². The van der Waals surface area contributed by atoms with E-state index in [1.165, 1.54) is 10.5 Å². The van der Waals surface area contributed by atoms with Crippen molar-refractivity contribution in [2.75, 3.05) is 18.0 Å². The second-order valence-corrected chi connectivity index (χ2v) is 8.46. The molecule has 6 nitrogen and oxygen atoms in total. The van der Waals surface area contributed by atoms with Crippen LogP contribution in [0.5, 0.6) is 0 Å². The van der Waals surface area contributed by atoms with Crippen LogP contribution in [0.1, 0.15) is 57.4 Å². The van der Waals surface area contributed by atoms with Gasteiger partial charge in [-0.25, -0.2) is 4.79 Å². The molecule has 1 aliphatic carbocycles. The lowest BCUT2D eigenvalue weighted by Crippen LogP contribution is -2.44. The Labute approximate surface area is 159 Å². The zero-order chi connectivity index (χ0) is 19.2. The van der Waals surface area contributed by atoms with Gasteiger partial charge < -0.3 is 10.2 Å². The molecule has 2 saturated heterocycles. The molecule has 0 radical (unpaired) electrons. The molecule has 1 atom stereocenters. The van der Waals surface area contributed by atoms with Crippen LogP contribution in [0.25, 0.3) is 0 Å². The molecule has 1 unspecified atom stereocenters. The summed E-state index contributed by atoms with van der Waals surface area (Å²) in [5.41, 5.74) is 1.45. The zero-order valence-corrected chi connectivity index (χ0v) is 16.0. The van der Waals surface area contributed by atoms with Crippen molar-refractivity contribution in [3.05, 3.63) is 29.8 Å². The van der Waals surface area contributed by atoms with Crippen molar-refractivity contribution in [3.8, 4) is 0 Å². The van der Waals surface area contributed by atoms with Crippen molar-refractivity contribution < 1.29 is 14.4 Å². The molecule has 1 spiro atoms. The van der Waals surface area contributed by atoms with Gasteiger partial charge in [0.05, 0.1) is 0 Å². The van der Waals surface area contributed by atoms with Crippen LogP contribution in [0.15, 0.2) is 24.3 Å². The van der Waals surface area contributed by atoms with Crippen molar-refractivity contribution >= 4 is 23.5 Å². The highest BCUT2D eigenvalue weighted by Gasteiger charge is 2.53. The van der Waals surface area contributed by atoms with Crippen LogP contribution in [-0.4, -0.2) is 41.4 Å².